The first-order chi connectivity index (χ1) is 13.9. The summed E-state index contributed by atoms with van der Waals surface area (Å²) < 4.78 is 10.6. The predicted molar refractivity (Wildman–Crippen MR) is 115 cm³/mol. The van der Waals surface area contributed by atoms with E-state index in [4.69, 9.17) is 9.47 Å². The Hall–Kier alpha value is -1.47. The lowest BCUT2D eigenvalue weighted by atomic mass is 9.91. The average molecular weight is 415 g/mol. The van der Waals surface area contributed by atoms with Gasteiger partial charge in [0.1, 0.15) is 5.78 Å². The van der Waals surface area contributed by atoms with Crippen molar-refractivity contribution in [2.75, 3.05) is 26.4 Å². The van der Waals surface area contributed by atoms with Gasteiger partial charge in [0, 0.05) is 31.3 Å². The Morgan fingerprint density at radius 3 is 1.69 bits per heavy atom. The third-order valence-corrected chi connectivity index (χ3v) is 4.49. The zero-order valence-electron chi connectivity index (χ0n) is 19.1. The van der Waals surface area contributed by atoms with Crippen molar-refractivity contribution < 1.29 is 23.9 Å². The number of ketones is 1. The van der Waals surface area contributed by atoms with E-state index in [0.29, 0.717) is 51.6 Å². The number of hydrogen-bond donors (Lipinski definition) is 2. The second-order valence-electron chi connectivity index (χ2n) is 7.71. The molecule has 0 aliphatic heterocycles. The summed E-state index contributed by atoms with van der Waals surface area (Å²) in [6.07, 6.45) is 4.92. The number of hydrogen-bond acceptors (Lipinski definition) is 5. The minimum atomic E-state index is -0.000193. The lowest BCUT2D eigenvalue weighted by molar-refractivity contribution is -0.124. The van der Waals surface area contributed by atoms with E-state index in [1.54, 1.807) is 0 Å². The van der Waals surface area contributed by atoms with Gasteiger partial charge in [0.05, 0.1) is 26.4 Å². The Morgan fingerprint density at radius 1 is 0.793 bits per heavy atom. The molecule has 0 bridgehead atoms. The van der Waals surface area contributed by atoms with Crippen LogP contribution in [0.5, 0.6) is 0 Å². The van der Waals surface area contributed by atoms with Crippen LogP contribution >= 0.6 is 0 Å². The van der Waals surface area contributed by atoms with Crippen LogP contribution < -0.4 is 10.6 Å². The van der Waals surface area contributed by atoms with Gasteiger partial charge >= 0.3 is 0 Å². The van der Waals surface area contributed by atoms with E-state index in [2.05, 4.69) is 10.6 Å². The van der Waals surface area contributed by atoms with Crippen LogP contribution in [0.3, 0.4) is 0 Å². The summed E-state index contributed by atoms with van der Waals surface area (Å²) in [6, 6.07) is 0.418. The molecule has 0 heterocycles. The summed E-state index contributed by atoms with van der Waals surface area (Å²) in [7, 11) is 0. The minimum Gasteiger partial charge on any atom is -0.379 e. The van der Waals surface area contributed by atoms with Crippen LogP contribution in [0.4, 0.5) is 0 Å². The Balaban J connectivity index is 0.00000379. The first-order valence-corrected chi connectivity index (χ1v) is 11.1. The SMILES string of the molecule is CC.CC(=O)CCOCCOCCC(=O)NC1CCC(NC(=O)CC(C)C)CC1. The zero-order chi connectivity index (χ0) is 22.1. The number of carbonyl (C=O) groups is 3. The third-order valence-electron chi connectivity index (χ3n) is 4.49. The van der Waals surface area contributed by atoms with Crippen molar-refractivity contribution in [3.63, 3.8) is 0 Å². The Morgan fingerprint density at radius 2 is 1.24 bits per heavy atom. The number of nitrogens with one attached hydrogen (secondary N) is 2. The first-order valence-electron chi connectivity index (χ1n) is 11.1. The fraction of sp³-hybridized carbons (Fsp3) is 0.864. The molecule has 7 nitrogen and oxygen atoms in total. The van der Waals surface area contributed by atoms with Crippen LogP contribution in [0, 0.1) is 5.92 Å². The summed E-state index contributed by atoms with van der Waals surface area (Å²) in [6.45, 7) is 11.2. The van der Waals surface area contributed by atoms with Crippen LogP contribution in [0.1, 0.15) is 79.6 Å². The van der Waals surface area contributed by atoms with Crippen molar-refractivity contribution in [2.24, 2.45) is 5.92 Å². The molecule has 0 saturated heterocycles. The van der Waals surface area contributed by atoms with Gasteiger partial charge < -0.3 is 20.1 Å². The smallest absolute Gasteiger partial charge is 0.222 e. The van der Waals surface area contributed by atoms with Crippen LogP contribution in [0.25, 0.3) is 0 Å². The van der Waals surface area contributed by atoms with Crippen molar-refractivity contribution in [1.82, 2.24) is 10.6 Å². The topological polar surface area (TPSA) is 93.7 Å². The average Bonchev–Trinajstić information content (AvgIpc) is 2.66. The molecule has 0 unspecified atom stereocenters. The number of Topliss-reactive ketones (excluding diaryl/α,β-unsaturated/α-hetero) is 1. The van der Waals surface area contributed by atoms with E-state index >= 15 is 0 Å². The van der Waals surface area contributed by atoms with E-state index in [1.807, 2.05) is 27.7 Å². The molecule has 1 fully saturated rings. The molecule has 0 spiro atoms. The first kappa shape index (κ1) is 27.5. The molecule has 29 heavy (non-hydrogen) atoms. The largest absolute Gasteiger partial charge is 0.379 e. The Bertz CT molecular complexity index is 460. The van der Waals surface area contributed by atoms with Gasteiger partial charge in [-0.2, -0.15) is 0 Å². The molecule has 2 amide bonds. The fourth-order valence-corrected chi connectivity index (χ4v) is 3.04. The molecule has 0 aromatic rings. The number of rotatable bonds is 13. The molecule has 1 aliphatic rings. The molecule has 1 rings (SSSR count). The van der Waals surface area contributed by atoms with E-state index < -0.39 is 0 Å². The lowest BCUT2D eigenvalue weighted by Crippen LogP contribution is -2.44. The molecule has 0 aromatic carbocycles. The summed E-state index contributed by atoms with van der Waals surface area (Å²) >= 11 is 0. The van der Waals surface area contributed by atoms with E-state index in [0.717, 1.165) is 25.7 Å². The maximum absolute atomic E-state index is 12.0. The van der Waals surface area contributed by atoms with Crippen molar-refractivity contribution in [3.05, 3.63) is 0 Å². The molecule has 1 saturated carbocycles. The van der Waals surface area contributed by atoms with Crippen molar-refractivity contribution >= 4 is 17.6 Å². The van der Waals surface area contributed by atoms with Crippen molar-refractivity contribution in [1.29, 1.82) is 0 Å². The monoisotopic (exact) mass is 414 g/mol. The van der Waals surface area contributed by atoms with Gasteiger partial charge in [-0.25, -0.2) is 0 Å². The van der Waals surface area contributed by atoms with E-state index in [9.17, 15) is 14.4 Å². The highest BCUT2D eigenvalue weighted by Crippen LogP contribution is 2.19. The maximum atomic E-state index is 12.0. The molecule has 2 N–H and O–H groups in total. The lowest BCUT2D eigenvalue weighted by Gasteiger charge is -2.30. The molecule has 0 radical (unpaired) electrons. The van der Waals surface area contributed by atoms with Gasteiger partial charge in [0.25, 0.3) is 0 Å². The number of ether oxygens (including phenoxy) is 2. The van der Waals surface area contributed by atoms with E-state index in [1.165, 1.54) is 6.92 Å². The summed E-state index contributed by atoms with van der Waals surface area (Å²) in [5.74, 6) is 0.606. The quantitative estimate of drug-likeness (QED) is 0.452. The second-order valence-corrected chi connectivity index (χ2v) is 7.71. The zero-order valence-corrected chi connectivity index (χ0v) is 19.1. The maximum Gasteiger partial charge on any atom is 0.222 e. The van der Waals surface area contributed by atoms with Gasteiger partial charge in [-0.15, -0.1) is 0 Å². The van der Waals surface area contributed by atoms with Crippen molar-refractivity contribution in [2.45, 2.75) is 91.6 Å². The molecular weight excluding hydrogens is 372 g/mol. The van der Waals surface area contributed by atoms with Crippen LogP contribution in [0.15, 0.2) is 0 Å². The predicted octanol–water partition coefficient (Wildman–Crippen LogP) is 3.00. The second kappa shape index (κ2) is 17.4. The summed E-state index contributed by atoms with van der Waals surface area (Å²) in [5, 5.41) is 6.14. The van der Waals surface area contributed by atoms with Gasteiger partial charge in [-0.3, -0.25) is 14.4 Å². The van der Waals surface area contributed by atoms with E-state index in [-0.39, 0.29) is 29.7 Å². The van der Waals surface area contributed by atoms with Gasteiger partial charge in [-0.1, -0.05) is 27.7 Å². The highest BCUT2D eigenvalue weighted by atomic mass is 16.5. The summed E-state index contributed by atoms with van der Waals surface area (Å²) in [4.78, 5) is 34.5. The van der Waals surface area contributed by atoms with Crippen molar-refractivity contribution in [3.8, 4) is 0 Å². The minimum absolute atomic E-state index is 0.000193. The molecule has 7 heteroatoms. The van der Waals surface area contributed by atoms with Crippen LogP contribution in [-0.4, -0.2) is 56.1 Å². The molecule has 0 atom stereocenters. The van der Waals surface area contributed by atoms with Gasteiger partial charge in [0.15, 0.2) is 0 Å². The molecule has 170 valence electrons. The Kier molecular flexibility index (Phi) is 16.5. The van der Waals surface area contributed by atoms with Gasteiger partial charge in [-0.05, 0) is 38.5 Å². The highest BCUT2D eigenvalue weighted by molar-refractivity contribution is 5.77. The highest BCUT2D eigenvalue weighted by Gasteiger charge is 2.23. The summed E-state index contributed by atoms with van der Waals surface area (Å²) in [5.41, 5.74) is 0. The number of amides is 2. The molecule has 1 aliphatic carbocycles. The normalized spacial score (nSPS) is 18.6. The fourth-order valence-electron chi connectivity index (χ4n) is 3.04. The van der Waals surface area contributed by atoms with Crippen LogP contribution in [0.2, 0.25) is 0 Å². The Labute approximate surface area is 176 Å². The molecule has 0 aromatic heterocycles. The van der Waals surface area contributed by atoms with Crippen LogP contribution in [-0.2, 0) is 23.9 Å². The standard InChI is InChI=1S/C20H36N2O5.C2H6/c1-15(2)14-20(25)22-18-6-4-17(5-7-18)21-19(24)9-11-27-13-12-26-10-8-16(3)23;1-2/h15,17-18H,4-14H2,1-3H3,(H,21,24)(H,22,25);1-2H3. The number of carbonyl (C=O) groups excluding carboxylic acids is 3. The van der Waals surface area contributed by atoms with Gasteiger partial charge in [0.2, 0.25) is 11.8 Å². The third kappa shape index (κ3) is 16.1. The molecular formula is C22H42N2O5.